The molecule has 1 fully saturated rings. The Kier molecular flexibility index (Phi) is 4.61. The Labute approximate surface area is 159 Å². The summed E-state index contributed by atoms with van der Waals surface area (Å²) in [4.78, 5) is 7.91. The molecule has 1 heterocycles. The first kappa shape index (κ1) is 17.6. The third-order valence-corrected chi connectivity index (χ3v) is 5.04. The van der Waals surface area contributed by atoms with E-state index in [1.165, 1.54) is 5.57 Å². The minimum atomic E-state index is -0.447. The third-order valence-electron chi connectivity index (χ3n) is 5.04. The highest BCUT2D eigenvalue weighted by Crippen LogP contribution is 2.60. The molecule has 1 aliphatic carbocycles. The number of benzene rings is 2. The van der Waals surface area contributed by atoms with Gasteiger partial charge in [0.05, 0.1) is 23.9 Å². The molecule has 1 unspecified atom stereocenters. The number of para-hydroxylation sites is 1. The van der Waals surface area contributed by atoms with Gasteiger partial charge in [-0.3, -0.25) is 10.3 Å². The van der Waals surface area contributed by atoms with Crippen molar-refractivity contribution in [2.24, 2.45) is 0 Å². The van der Waals surface area contributed by atoms with Gasteiger partial charge in [0.2, 0.25) is 0 Å². The lowest BCUT2D eigenvalue weighted by atomic mass is 10.0. The van der Waals surface area contributed by atoms with Crippen molar-refractivity contribution in [1.29, 1.82) is 5.26 Å². The molecule has 138 valence electrons. The van der Waals surface area contributed by atoms with Crippen LogP contribution in [-0.4, -0.2) is 32.1 Å². The smallest absolute Gasteiger partial charge is 0.162 e. The van der Waals surface area contributed by atoms with Gasteiger partial charge in [0.15, 0.2) is 5.60 Å². The summed E-state index contributed by atoms with van der Waals surface area (Å²) >= 11 is 0. The standard InChI is InChI=1S/C22H23N3O2/c1-25(2)12-5-13-26-24-21-18-6-3-4-7-20(18)27-22(14-19(21)22)17-10-8-16(15-23)9-11-17/h3-4,6-11,24H,5,12-14H2,1-2H3. The van der Waals surface area contributed by atoms with Crippen LogP contribution in [0.5, 0.6) is 5.75 Å². The first-order valence-corrected chi connectivity index (χ1v) is 9.19. The summed E-state index contributed by atoms with van der Waals surface area (Å²) in [7, 11) is 4.12. The van der Waals surface area contributed by atoms with Crippen molar-refractivity contribution < 1.29 is 9.57 Å². The second-order valence-electron chi connectivity index (χ2n) is 7.25. The number of rotatable bonds is 7. The molecule has 1 saturated carbocycles. The van der Waals surface area contributed by atoms with E-state index >= 15 is 0 Å². The number of hydrogen-bond donors (Lipinski definition) is 1. The summed E-state index contributed by atoms with van der Waals surface area (Å²) in [6.45, 7) is 1.63. The van der Waals surface area contributed by atoms with E-state index in [0.717, 1.165) is 42.0 Å². The van der Waals surface area contributed by atoms with Crippen LogP contribution in [0.4, 0.5) is 0 Å². The molecule has 2 aromatic rings. The largest absolute Gasteiger partial charge is 0.477 e. The monoisotopic (exact) mass is 361 g/mol. The molecule has 2 aliphatic rings. The second-order valence-corrected chi connectivity index (χ2v) is 7.25. The number of hydrogen-bond acceptors (Lipinski definition) is 5. The van der Waals surface area contributed by atoms with Gasteiger partial charge in [-0.2, -0.15) is 5.26 Å². The fraction of sp³-hybridized carbons (Fsp3) is 0.318. The Bertz CT molecular complexity index is 912. The molecule has 1 aliphatic heterocycles. The normalized spacial score (nSPS) is 19.8. The van der Waals surface area contributed by atoms with Crippen molar-refractivity contribution in [2.45, 2.75) is 18.4 Å². The summed E-state index contributed by atoms with van der Waals surface area (Å²) in [6, 6.07) is 17.8. The zero-order chi connectivity index (χ0) is 18.9. The molecule has 2 aromatic carbocycles. The van der Waals surface area contributed by atoms with Gasteiger partial charge in [0, 0.05) is 23.1 Å². The molecular formula is C22H23N3O2. The van der Waals surface area contributed by atoms with Crippen LogP contribution in [0.3, 0.4) is 0 Å². The van der Waals surface area contributed by atoms with Crippen molar-refractivity contribution in [3.63, 3.8) is 0 Å². The van der Waals surface area contributed by atoms with E-state index in [2.05, 4.69) is 36.6 Å². The van der Waals surface area contributed by atoms with E-state index in [9.17, 15) is 0 Å². The van der Waals surface area contributed by atoms with E-state index in [-0.39, 0.29) is 0 Å². The van der Waals surface area contributed by atoms with Gasteiger partial charge in [-0.15, -0.1) is 0 Å². The van der Waals surface area contributed by atoms with Gasteiger partial charge in [-0.25, -0.2) is 0 Å². The zero-order valence-electron chi connectivity index (χ0n) is 15.7. The number of nitriles is 1. The molecule has 0 spiro atoms. The summed E-state index contributed by atoms with van der Waals surface area (Å²) in [5.41, 5.74) is 7.69. The molecule has 1 atom stereocenters. The summed E-state index contributed by atoms with van der Waals surface area (Å²) in [5.74, 6) is 0.850. The van der Waals surface area contributed by atoms with Crippen molar-refractivity contribution >= 4 is 5.70 Å². The first-order chi connectivity index (χ1) is 13.1. The lowest BCUT2D eigenvalue weighted by molar-refractivity contribution is 0.0708. The van der Waals surface area contributed by atoms with E-state index in [4.69, 9.17) is 14.8 Å². The van der Waals surface area contributed by atoms with Gasteiger partial charge < -0.3 is 9.64 Å². The van der Waals surface area contributed by atoms with Crippen LogP contribution < -0.4 is 10.2 Å². The summed E-state index contributed by atoms with van der Waals surface area (Å²) < 4.78 is 6.40. The molecular weight excluding hydrogens is 338 g/mol. The molecule has 0 amide bonds. The van der Waals surface area contributed by atoms with Crippen LogP contribution in [0.15, 0.2) is 54.1 Å². The first-order valence-electron chi connectivity index (χ1n) is 9.19. The van der Waals surface area contributed by atoms with E-state index in [1.807, 2.05) is 42.5 Å². The van der Waals surface area contributed by atoms with E-state index < -0.39 is 5.60 Å². The maximum Gasteiger partial charge on any atom is 0.162 e. The zero-order valence-corrected chi connectivity index (χ0v) is 15.7. The average Bonchev–Trinajstić information content (AvgIpc) is 3.42. The minimum Gasteiger partial charge on any atom is -0.477 e. The average molecular weight is 361 g/mol. The fourth-order valence-corrected chi connectivity index (χ4v) is 3.55. The number of fused-ring (bicyclic) bond motifs is 2. The Balaban J connectivity index is 1.58. The maximum atomic E-state index is 9.04. The lowest BCUT2D eigenvalue weighted by Crippen LogP contribution is -2.25. The number of ether oxygens (including phenoxy) is 1. The molecule has 4 rings (SSSR count). The van der Waals surface area contributed by atoms with Crippen LogP contribution >= 0.6 is 0 Å². The molecule has 0 bridgehead atoms. The number of nitrogens with zero attached hydrogens (tertiary/aromatic N) is 2. The lowest BCUT2D eigenvalue weighted by Gasteiger charge is -2.26. The topological polar surface area (TPSA) is 57.5 Å². The maximum absolute atomic E-state index is 9.04. The molecule has 1 N–H and O–H groups in total. The molecule has 5 heteroatoms. The van der Waals surface area contributed by atoms with Gasteiger partial charge >= 0.3 is 0 Å². The highest BCUT2D eigenvalue weighted by Gasteiger charge is 2.58. The highest BCUT2D eigenvalue weighted by molar-refractivity contribution is 5.80. The Hall–Kier alpha value is -2.81. The fourth-order valence-electron chi connectivity index (χ4n) is 3.55. The second kappa shape index (κ2) is 7.07. The van der Waals surface area contributed by atoms with Crippen molar-refractivity contribution in [2.75, 3.05) is 27.2 Å². The van der Waals surface area contributed by atoms with Crippen LogP contribution in [0, 0.1) is 11.3 Å². The summed E-state index contributed by atoms with van der Waals surface area (Å²) in [5, 5.41) is 9.04. The number of nitrogens with one attached hydrogen (secondary N) is 1. The molecule has 0 radical (unpaired) electrons. The van der Waals surface area contributed by atoms with Crippen LogP contribution in [0.1, 0.15) is 29.5 Å². The molecule has 0 aromatic heterocycles. The predicted octanol–water partition coefficient (Wildman–Crippen LogP) is 3.43. The summed E-state index contributed by atoms with van der Waals surface area (Å²) in [6.07, 6.45) is 1.78. The van der Waals surface area contributed by atoms with Gasteiger partial charge in [-0.05, 0) is 51.3 Å². The van der Waals surface area contributed by atoms with E-state index in [1.54, 1.807) is 0 Å². The van der Waals surface area contributed by atoms with Crippen molar-refractivity contribution in [3.8, 4) is 11.8 Å². The quantitative estimate of drug-likeness (QED) is 0.605. The Morgan fingerprint density at radius 1 is 1.19 bits per heavy atom. The SMILES string of the molecule is CN(C)CCCONC1=C2CC2(c2ccc(C#N)cc2)Oc2ccccc21. The van der Waals surface area contributed by atoms with Crippen molar-refractivity contribution in [1.82, 2.24) is 10.4 Å². The van der Waals surface area contributed by atoms with Gasteiger partial charge in [0.25, 0.3) is 0 Å². The predicted molar refractivity (Wildman–Crippen MR) is 104 cm³/mol. The molecule has 5 nitrogen and oxygen atoms in total. The molecule has 27 heavy (non-hydrogen) atoms. The van der Waals surface area contributed by atoms with Crippen LogP contribution in [-0.2, 0) is 10.4 Å². The van der Waals surface area contributed by atoms with Gasteiger partial charge in [-0.1, -0.05) is 24.3 Å². The Morgan fingerprint density at radius 3 is 2.70 bits per heavy atom. The van der Waals surface area contributed by atoms with Crippen molar-refractivity contribution in [3.05, 3.63) is 70.8 Å². The van der Waals surface area contributed by atoms with Crippen LogP contribution in [0.2, 0.25) is 0 Å². The van der Waals surface area contributed by atoms with Gasteiger partial charge in [0.1, 0.15) is 5.75 Å². The minimum absolute atomic E-state index is 0.447. The van der Waals surface area contributed by atoms with Crippen LogP contribution in [0.25, 0.3) is 5.70 Å². The molecule has 0 saturated heterocycles. The van der Waals surface area contributed by atoms with E-state index in [0.29, 0.717) is 12.2 Å². The highest BCUT2D eigenvalue weighted by atomic mass is 16.6. The number of hydroxylamine groups is 1. The third kappa shape index (κ3) is 3.30. The Morgan fingerprint density at radius 2 is 1.96 bits per heavy atom.